The van der Waals surface area contributed by atoms with Crippen molar-refractivity contribution in [2.75, 3.05) is 6.61 Å². The van der Waals surface area contributed by atoms with E-state index in [1.165, 1.54) is 0 Å². The lowest BCUT2D eigenvalue weighted by molar-refractivity contribution is -0.151. The molecule has 0 saturated heterocycles. The molecule has 0 saturated carbocycles. The average Bonchev–Trinajstić information content (AvgIpc) is 3.22. The molecule has 0 N–H and O–H groups in total. The van der Waals surface area contributed by atoms with Gasteiger partial charge in [0.05, 0.1) is 12.3 Å². The standard InChI is InChI=1S/C28H26BrNO3/c1-3-32-28(31)27(19-21-7-5-4-6-8-21)33-25-16-10-22(11-17-25)26-18-9-20(2)30(26)24-14-12-23(29)13-15-24/h4-18,27H,3,19H2,1-2H3/t27-/m1/s1. The number of ether oxygens (including phenoxy) is 2. The number of hydrogen-bond donors (Lipinski definition) is 0. The highest BCUT2D eigenvalue weighted by Crippen LogP contribution is 2.29. The van der Waals surface area contributed by atoms with Crippen molar-refractivity contribution >= 4 is 21.9 Å². The van der Waals surface area contributed by atoms with E-state index in [-0.39, 0.29) is 5.97 Å². The van der Waals surface area contributed by atoms with Gasteiger partial charge in [0.15, 0.2) is 6.10 Å². The van der Waals surface area contributed by atoms with Crippen molar-refractivity contribution < 1.29 is 14.3 Å². The van der Waals surface area contributed by atoms with Gasteiger partial charge in [-0.1, -0.05) is 46.3 Å². The van der Waals surface area contributed by atoms with E-state index in [2.05, 4.69) is 51.7 Å². The van der Waals surface area contributed by atoms with E-state index in [1.54, 1.807) is 6.92 Å². The highest BCUT2D eigenvalue weighted by molar-refractivity contribution is 9.10. The molecule has 4 aromatic rings. The van der Waals surface area contributed by atoms with Crippen LogP contribution in [-0.2, 0) is 16.0 Å². The van der Waals surface area contributed by atoms with Crippen LogP contribution in [0.2, 0.25) is 0 Å². The van der Waals surface area contributed by atoms with Crippen LogP contribution in [-0.4, -0.2) is 23.2 Å². The van der Waals surface area contributed by atoms with Gasteiger partial charge in [-0.2, -0.15) is 0 Å². The van der Waals surface area contributed by atoms with Crippen LogP contribution in [0.4, 0.5) is 0 Å². The SMILES string of the molecule is CCOC(=O)[C@@H](Cc1ccccc1)Oc1ccc(-c2ccc(C)n2-c2ccc(Br)cc2)cc1. The molecule has 33 heavy (non-hydrogen) atoms. The lowest BCUT2D eigenvalue weighted by atomic mass is 10.1. The molecular formula is C28H26BrNO3. The number of carbonyl (C=O) groups is 1. The van der Waals surface area contributed by atoms with E-state index in [0.29, 0.717) is 18.8 Å². The zero-order chi connectivity index (χ0) is 23.2. The van der Waals surface area contributed by atoms with Gasteiger partial charge in [0.2, 0.25) is 0 Å². The quantitative estimate of drug-likeness (QED) is 0.249. The normalized spacial score (nSPS) is 11.7. The molecule has 4 rings (SSSR count). The first kappa shape index (κ1) is 22.9. The lowest BCUT2D eigenvalue weighted by Crippen LogP contribution is -2.31. The minimum Gasteiger partial charge on any atom is -0.478 e. The van der Waals surface area contributed by atoms with Crippen LogP contribution < -0.4 is 4.74 Å². The fourth-order valence-corrected chi connectivity index (χ4v) is 4.07. The van der Waals surface area contributed by atoms with Crippen LogP contribution in [0.3, 0.4) is 0 Å². The second-order valence-electron chi connectivity index (χ2n) is 7.74. The van der Waals surface area contributed by atoms with Crippen molar-refractivity contribution in [3.05, 3.63) is 107 Å². The van der Waals surface area contributed by atoms with Crippen molar-refractivity contribution in [2.45, 2.75) is 26.4 Å². The monoisotopic (exact) mass is 503 g/mol. The summed E-state index contributed by atoms with van der Waals surface area (Å²) in [6.07, 6.45) is -0.250. The molecule has 168 valence electrons. The van der Waals surface area contributed by atoms with Crippen molar-refractivity contribution in [1.29, 1.82) is 0 Å². The van der Waals surface area contributed by atoms with Crippen LogP contribution >= 0.6 is 15.9 Å². The summed E-state index contributed by atoms with van der Waals surface area (Å²) in [4.78, 5) is 12.5. The molecule has 0 spiro atoms. The third-order valence-corrected chi connectivity index (χ3v) is 5.93. The van der Waals surface area contributed by atoms with Gasteiger partial charge in [-0.3, -0.25) is 0 Å². The first-order chi connectivity index (χ1) is 16.0. The van der Waals surface area contributed by atoms with Gasteiger partial charge in [0.1, 0.15) is 5.75 Å². The molecule has 0 amide bonds. The Morgan fingerprint density at radius 3 is 2.27 bits per heavy atom. The summed E-state index contributed by atoms with van der Waals surface area (Å²) >= 11 is 3.50. The number of hydrogen-bond acceptors (Lipinski definition) is 3. The van der Waals surface area contributed by atoms with Crippen molar-refractivity contribution in [3.63, 3.8) is 0 Å². The molecule has 0 bridgehead atoms. The zero-order valence-electron chi connectivity index (χ0n) is 18.7. The molecule has 4 nitrogen and oxygen atoms in total. The largest absolute Gasteiger partial charge is 0.478 e. The predicted molar refractivity (Wildman–Crippen MR) is 135 cm³/mol. The summed E-state index contributed by atoms with van der Waals surface area (Å²) in [6, 6.07) is 30.2. The molecular weight excluding hydrogens is 478 g/mol. The number of rotatable bonds is 8. The fraction of sp³-hybridized carbons (Fsp3) is 0.179. The number of halogens is 1. The second-order valence-corrected chi connectivity index (χ2v) is 8.66. The molecule has 5 heteroatoms. The number of nitrogens with zero attached hydrogens (tertiary/aromatic N) is 1. The van der Waals surface area contributed by atoms with Crippen molar-refractivity contribution in [2.24, 2.45) is 0 Å². The first-order valence-corrected chi connectivity index (χ1v) is 11.8. The second kappa shape index (κ2) is 10.5. The van der Waals surface area contributed by atoms with Gasteiger partial charge in [0, 0.05) is 22.3 Å². The third-order valence-electron chi connectivity index (χ3n) is 5.40. The lowest BCUT2D eigenvalue weighted by Gasteiger charge is -2.18. The number of benzene rings is 3. The smallest absolute Gasteiger partial charge is 0.347 e. The molecule has 1 atom stereocenters. The average molecular weight is 504 g/mol. The van der Waals surface area contributed by atoms with Crippen molar-refractivity contribution in [3.8, 4) is 22.7 Å². The van der Waals surface area contributed by atoms with E-state index in [0.717, 1.165) is 32.7 Å². The maximum atomic E-state index is 12.5. The molecule has 0 aliphatic rings. The Morgan fingerprint density at radius 1 is 0.909 bits per heavy atom. The van der Waals surface area contributed by atoms with Gasteiger partial charge < -0.3 is 14.0 Å². The molecule has 1 aromatic heterocycles. The van der Waals surface area contributed by atoms with E-state index in [4.69, 9.17) is 9.47 Å². The Labute approximate surface area is 202 Å². The molecule has 0 radical (unpaired) electrons. The van der Waals surface area contributed by atoms with Gasteiger partial charge in [-0.05, 0) is 85.6 Å². The first-order valence-electron chi connectivity index (χ1n) is 11.0. The summed E-state index contributed by atoms with van der Waals surface area (Å²) in [5, 5.41) is 0. The number of esters is 1. The summed E-state index contributed by atoms with van der Waals surface area (Å²) in [7, 11) is 0. The van der Waals surface area contributed by atoms with Crippen LogP contribution in [0.5, 0.6) is 5.75 Å². The van der Waals surface area contributed by atoms with E-state index >= 15 is 0 Å². The summed E-state index contributed by atoms with van der Waals surface area (Å²) in [6.45, 7) is 4.21. The summed E-state index contributed by atoms with van der Waals surface area (Å²) < 4.78 is 14.6. The Hall–Kier alpha value is -3.31. The van der Waals surface area contributed by atoms with Gasteiger partial charge in [0.25, 0.3) is 0 Å². The Bertz CT molecular complexity index is 1200. The van der Waals surface area contributed by atoms with Crippen LogP contribution in [0.25, 0.3) is 16.9 Å². The highest BCUT2D eigenvalue weighted by atomic mass is 79.9. The van der Waals surface area contributed by atoms with Gasteiger partial charge >= 0.3 is 5.97 Å². The van der Waals surface area contributed by atoms with Gasteiger partial charge in [-0.15, -0.1) is 0 Å². The third kappa shape index (κ3) is 5.55. The maximum Gasteiger partial charge on any atom is 0.347 e. The minimum absolute atomic E-state index is 0.318. The number of aryl methyl sites for hydroxylation is 1. The van der Waals surface area contributed by atoms with Crippen LogP contribution in [0.15, 0.2) is 95.5 Å². The zero-order valence-corrected chi connectivity index (χ0v) is 20.3. The Balaban J connectivity index is 1.56. The minimum atomic E-state index is -0.702. The summed E-state index contributed by atoms with van der Waals surface area (Å²) in [5.41, 5.74) is 5.43. The topological polar surface area (TPSA) is 40.5 Å². The Kier molecular flexibility index (Phi) is 7.30. The number of carbonyl (C=O) groups excluding carboxylic acids is 1. The maximum absolute atomic E-state index is 12.5. The molecule has 0 aliphatic carbocycles. The molecule has 1 heterocycles. The Morgan fingerprint density at radius 2 is 1.61 bits per heavy atom. The fourth-order valence-electron chi connectivity index (χ4n) is 3.80. The van der Waals surface area contributed by atoms with Crippen LogP contribution in [0, 0.1) is 6.92 Å². The molecule has 0 aliphatic heterocycles. The molecule has 3 aromatic carbocycles. The summed E-state index contributed by atoms with van der Waals surface area (Å²) in [5.74, 6) is 0.274. The van der Waals surface area contributed by atoms with E-state index in [1.807, 2.05) is 66.7 Å². The van der Waals surface area contributed by atoms with E-state index < -0.39 is 6.10 Å². The van der Waals surface area contributed by atoms with E-state index in [9.17, 15) is 4.79 Å². The molecule has 0 unspecified atom stereocenters. The predicted octanol–water partition coefficient (Wildman–Crippen LogP) is 6.77. The molecule has 0 fully saturated rings. The number of aromatic nitrogens is 1. The van der Waals surface area contributed by atoms with Gasteiger partial charge in [-0.25, -0.2) is 4.79 Å². The highest BCUT2D eigenvalue weighted by Gasteiger charge is 2.22. The van der Waals surface area contributed by atoms with Crippen LogP contribution in [0.1, 0.15) is 18.2 Å². The van der Waals surface area contributed by atoms with Crippen molar-refractivity contribution in [1.82, 2.24) is 4.57 Å².